The summed E-state index contributed by atoms with van der Waals surface area (Å²) in [6.45, 7) is 5.27. The lowest BCUT2D eigenvalue weighted by Crippen LogP contribution is -2.49. The van der Waals surface area contributed by atoms with Gasteiger partial charge >= 0.3 is 6.18 Å². The van der Waals surface area contributed by atoms with Gasteiger partial charge in [0.2, 0.25) is 0 Å². The van der Waals surface area contributed by atoms with Crippen LogP contribution in [0.25, 0.3) is 0 Å². The molecule has 2 aromatic carbocycles. The molecule has 0 aromatic heterocycles. The van der Waals surface area contributed by atoms with E-state index >= 15 is 0 Å². The first kappa shape index (κ1) is 20.5. The summed E-state index contributed by atoms with van der Waals surface area (Å²) in [5, 5.41) is 10.2. The maximum absolute atomic E-state index is 12.9. The predicted molar refractivity (Wildman–Crippen MR) is 103 cm³/mol. The molecule has 0 amide bonds. The monoisotopic (exact) mass is 394 g/mol. The van der Waals surface area contributed by atoms with Gasteiger partial charge in [-0.05, 0) is 37.3 Å². The van der Waals surface area contributed by atoms with Crippen molar-refractivity contribution >= 4 is 5.69 Å². The maximum atomic E-state index is 12.9. The number of alkyl halides is 3. The number of β-amino-alcohol motifs (C(OH)–C–C–N with tert-alkyl or cyclic N) is 1. The average Bonchev–Trinajstić information content (AvgIpc) is 2.68. The van der Waals surface area contributed by atoms with E-state index in [1.807, 2.05) is 36.1 Å². The Kier molecular flexibility index (Phi) is 6.46. The van der Waals surface area contributed by atoms with Crippen LogP contribution in [0.1, 0.15) is 11.1 Å². The lowest BCUT2D eigenvalue weighted by atomic mass is 10.1. The van der Waals surface area contributed by atoms with Crippen molar-refractivity contribution in [3.05, 3.63) is 59.7 Å². The summed E-state index contributed by atoms with van der Waals surface area (Å²) in [6, 6.07) is 13.1. The van der Waals surface area contributed by atoms with Crippen LogP contribution < -0.4 is 9.64 Å². The van der Waals surface area contributed by atoms with Crippen molar-refractivity contribution in [2.45, 2.75) is 19.2 Å². The van der Waals surface area contributed by atoms with Crippen LogP contribution in [0.2, 0.25) is 0 Å². The van der Waals surface area contributed by atoms with E-state index < -0.39 is 17.8 Å². The van der Waals surface area contributed by atoms with Crippen molar-refractivity contribution in [1.29, 1.82) is 0 Å². The first-order valence-electron chi connectivity index (χ1n) is 9.33. The van der Waals surface area contributed by atoms with Crippen molar-refractivity contribution in [3.63, 3.8) is 0 Å². The molecule has 2 aromatic rings. The number of hydrogen-bond acceptors (Lipinski definition) is 4. The molecule has 1 heterocycles. The number of aliphatic hydroxyl groups is 1. The van der Waals surface area contributed by atoms with Crippen molar-refractivity contribution in [2.75, 3.05) is 44.2 Å². The zero-order chi connectivity index (χ0) is 20.1. The summed E-state index contributed by atoms with van der Waals surface area (Å²) < 4.78 is 44.3. The van der Waals surface area contributed by atoms with Gasteiger partial charge in [0, 0.05) is 38.4 Å². The third-order valence-corrected chi connectivity index (χ3v) is 4.84. The SMILES string of the molecule is Cc1ccc(OC[C@H](O)CN2CCN(c3cccc(C(F)(F)F)c3)CC2)cc1. The van der Waals surface area contributed by atoms with Crippen LogP contribution in [0.15, 0.2) is 48.5 Å². The van der Waals surface area contributed by atoms with Gasteiger partial charge in [0.25, 0.3) is 0 Å². The molecule has 1 fully saturated rings. The fourth-order valence-electron chi connectivity index (χ4n) is 3.25. The largest absolute Gasteiger partial charge is 0.491 e. The van der Waals surface area contributed by atoms with Gasteiger partial charge in [0.05, 0.1) is 5.56 Å². The van der Waals surface area contributed by atoms with Gasteiger partial charge in [-0.2, -0.15) is 13.2 Å². The van der Waals surface area contributed by atoms with Crippen LogP contribution in [0.3, 0.4) is 0 Å². The molecule has 0 saturated carbocycles. The van der Waals surface area contributed by atoms with E-state index in [2.05, 4.69) is 4.90 Å². The second kappa shape index (κ2) is 8.84. The van der Waals surface area contributed by atoms with E-state index in [9.17, 15) is 18.3 Å². The predicted octanol–water partition coefficient (Wildman–Crippen LogP) is 3.58. The van der Waals surface area contributed by atoms with Crippen molar-refractivity contribution < 1.29 is 23.0 Å². The lowest BCUT2D eigenvalue weighted by Gasteiger charge is -2.37. The normalized spacial score (nSPS) is 16.8. The van der Waals surface area contributed by atoms with Crippen LogP contribution in [0, 0.1) is 6.92 Å². The standard InChI is InChI=1S/C21H25F3N2O2/c1-16-5-7-20(8-6-16)28-15-19(27)14-25-9-11-26(12-10-25)18-4-2-3-17(13-18)21(22,23)24/h2-8,13,19,27H,9-12,14-15H2,1H3/t19-/m1/s1. The van der Waals surface area contributed by atoms with E-state index in [4.69, 9.17) is 4.74 Å². The van der Waals surface area contributed by atoms with Crippen LogP contribution >= 0.6 is 0 Å². The fourth-order valence-corrected chi connectivity index (χ4v) is 3.25. The molecule has 7 heteroatoms. The zero-order valence-electron chi connectivity index (χ0n) is 15.8. The molecular weight excluding hydrogens is 369 g/mol. The second-order valence-corrected chi connectivity index (χ2v) is 7.11. The summed E-state index contributed by atoms with van der Waals surface area (Å²) in [5.74, 6) is 0.721. The molecule has 28 heavy (non-hydrogen) atoms. The topological polar surface area (TPSA) is 35.9 Å². The Bertz CT molecular complexity index is 757. The number of aliphatic hydroxyl groups excluding tert-OH is 1. The Morgan fingerprint density at radius 1 is 1.04 bits per heavy atom. The molecular formula is C21H25F3N2O2. The Labute approximate surface area is 163 Å². The van der Waals surface area contributed by atoms with Crippen molar-refractivity contribution in [1.82, 2.24) is 4.90 Å². The minimum Gasteiger partial charge on any atom is -0.491 e. The van der Waals surface area contributed by atoms with Gasteiger partial charge in [0.1, 0.15) is 18.5 Å². The molecule has 3 rings (SSSR count). The minimum atomic E-state index is -4.33. The first-order valence-corrected chi connectivity index (χ1v) is 9.33. The first-order chi connectivity index (χ1) is 13.3. The smallest absolute Gasteiger partial charge is 0.416 e. The second-order valence-electron chi connectivity index (χ2n) is 7.11. The number of benzene rings is 2. The molecule has 0 unspecified atom stereocenters. The number of nitrogens with zero attached hydrogens (tertiary/aromatic N) is 2. The Morgan fingerprint density at radius 3 is 2.36 bits per heavy atom. The van der Waals surface area contributed by atoms with Gasteiger partial charge in [-0.1, -0.05) is 23.8 Å². The molecule has 1 saturated heterocycles. The number of aryl methyl sites for hydroxylation is 1. The van der Waals surface area contributed by atoms with Crippen molar-refractivity contribution in [3.8, 4) is 5.75 Å². The number of rotatable bonds is 6. The lowest BCUT2D eigenvalue weighted by molar-refractivity contribution is -0.137. The molecule has 1 N–H and O–H groups in total. The van der Waals surface area contributed by atoms with Crippen LogP contribution in [-0.4, -0.2) is 55.4 Å². The van der Waals surface area contributed by atoms with Crippen LogP contribution in [0.4, 0.5) is 18.9 Å². The van der Waals surface area contributed by atoms with E-state index in [0.29, 0.717) is 38.4 Å². The summed E-state index contributed by atoms with van der Waals surface area (Å²) in [4.78, 5) is 4.05. The van der Waals surface area contributed by atoms with Gasteiger partial charge < -0.3 is 14.7 Å². The number of piperazine rings is 1. The number of anilines is 1. The molecule has 1 atom stereocenters. The van der Waals surface area contributed by atoms with Gasteiger partial charge in [-0.3, -0.25) is 4.90 Å². The van der Waals surface area contributed by atoms with Gasteiger partial charge in [0.15, 0.2) is 0 Å². The highest BCUT2D eigenvalue weighted by molar-refractivity contribution is 5.49. The maximum Gasteiger partial charge on any atom is 0.416 e. The van der Waals surface area contributed by atoms with E-state index in [1.165, 1.54) is 12.1 Å². The van der Waals surface area contributed by atoms with Gasteiger partial charge in [-0.15, -0.1) is 0 Å². The minimum absolute atomic E-state index is 0.205. The van der Waals surface area contributed by atoms with E-state index in [-0.39, 0.29) is 6.61 Å². The zero-order valence-corrected chi connectivity index (χ0v) is 15.8. The third kappa shape index (κ3) is 5.62. The van der Waals surface area contributed by atoms with Crippen molar-refractivity contribution in [2.24, 2.45) is 0 Å². The number of halogens is 3. The summed E-state index contributed by atoms with van der Waals surface area (Å²) in [6.07, 6.45) is -4.96. The Balaban J connectivity index is 1.45. The highest BCUT2D eigenvalue weighted by Crippen LogP contribution is 2.31. The molecule has 0 spiro atoms. The highest BCUT2D eigenvalue weighted by Gasteiger charge is 2.31. The summed E-state index contributed by atoms with van der Waals surface area (Å²) in [5.41, 5.74) is 1.10. The molecule has 0 bridgehead atoms. The Morgan fingerprint density at radius 2 is 1.71 bits per heavy atom. The fraction of sp³-hybridized carbons (Fsp3) is 0.429. The average molecular weight is 394 g/mol. The molecule has 1 aliphatic heterocycles. The summed E-state index contributed by atoms with van der Waals surface area (Å²) >= 11 is 0. The quantitative estimate of drug-likeness (QED) is 0.813. The third-order valence-electron chi connectivity index (χ3n) is 4.84. The number of hydrogen-bond donors (Lipinski definition) is 1. The van der Waals surface area contributed by atoms with Gasteiger partial charge in [-0.25, -0.2) is 0 Å². The molecule has 152 valence electrons. The van der Waals surface area contributed by atoms with E-state index in [1.54, 1.807) is 6.07 Å². The number of ether oxygens (including phenoxy) is 1. The molecule has 4 nitrogen and oxygen atoms in total. The van der Waals surface area contributed by atoms with Crippen LogP contribution in [-0.2, 0) is 6.18 Å². The van der Waals surface area contributed by atoms with Crippen LogP contribution in [0.5, 0.6) is 5.75 Å². The molecule has 0 radical (unpaired) electrons. The molecule has 1 aliphatic rings. The molecule has 0 aliphatic carbocycles. The Hall–Kier alpha value is -2.25. The summed E-state index contributed by atoms with van der Waals surface area (Å²) in [7, 11) is 0. The highest BCUT2D eigenvalue weighted by atomic mass is 19.4. The van der Waals surface area contributed by atoms with E-state index in [0.717, 1.165) is 17.4 Å².